The Labute approximate surface area is 444 Å². The number of aliphatic hydroxyl groups is 1. The molecule has 0 amide bonds. The molecule has 0 bridgehead atoms. The molecule has 0 atom stereocenters. The van der Waals surface area contributed by atoms with E-state index in [0.717, 1.165) is 28.3 Å². The summed E-state index contributed by atoms with van der Waals surface area (Å²) in [5, 5.41) is 12.5. The largest absolute Gasteiger partial charge is 0.397 e. The first-order chi connectivity index (χ1) is 37.6. The van der Waals surface area contributed by atoms with E-state index in [1.807, 2.05) is 0 Å². The summed E-state index contributed by atoms with van der Waals surface area (Å²) in [5.74, 6) is 0. The lowest BCUT2D eigenvalue weighted by atomic mass is 9.67. The van der Waals surface area contributed by atoms with Crippen molar-refractivity contribution < 1.29 is 5.11 Å². The molecule has 3 heteroatoms. The number of benzene rings is 12. The maximum Gasteiger partial charge on any atom is 0.0714 e. The minimum absolute atomic E-state index is 0.250. The normalized spacial score (nSPS) is 12.2. The second-order valence-corrected chi connectivity index (χ2v) is 19.5. The van der Waals surface area contributed by atoms with Crippen LogP contribution in [-0.2, 0) is 5.41 Å². The molecule has 0 saturated carbocycles. The van der Waals surface area contributed by atoms with Gasteiger partial charge in [-0.1, -0.05) is 224 Å². The minimum Gasteiger partial charge on any atom is -0.397 e. The van der Waals surface area contributed by atoms with Gasteiger partial charge in [0.1, 0.15) is 0 Å². The Balaban J connectivity index is 0.00000180. The van der Waals surface area contributed by atoms with Crippen LogP contribution < -0.4 is 4.90 Å². The van der Waals surface area contributed by atoms with Crippen molar-refractivity contribution >= 4 is 49.6 Å². The highest BCUT2D eigenvalue weighted by Crippen LogP contribution is 2.57. The van der Waals surface area contributed by atoms with Gasteiger partial charge in [0.05, 0.1) is 22.1 Å². The molecule has 0 radical (unpaired) electrons. The van der Waals surface area contributed by atoms with E-state index < -0.39 is 5.41 Å². The number of aliphatic hydroxyl groups excluding tert-OH is 1. The molecule has 1 N–H and O–H groups in total. The maximum atomic E-state index is 7.57. The van der Waals surface area contributed by atoms with E-state index in [1.165, 1.54) is 93.8 Å². The Morgan fingerprint density at radius 2 is 0.842 bits per heavy atom. The van der Waals surface area contributed by atoms with Gasteiger partial charge in [-0.15, -0.1) is 0 Å². The summed E-state index contributed by atoms with van der Waals surface area (Å²) in [7, 11) is 0. The SMILES string of the molecule is CCO.c1ccc(-c2ccc(-n3c4ccccc4c4cc(-c5cccc(-c6ccc(N(c7ccc8c(c7)C(c7ccccc7)(c7ccccc7)c7ccccc7-8)c7cccc8ccccc78)cc6)c5)ccc43)cc2)cc1. The fourth-order valence-electron chi connectivity index (χ4n) is 11.9. The summed E-state index contributed by atoms with van der Waals surface area (Å²) in [4.78, 5) is 2.45. The minimum atomic E-state index is -0.513. The van der Waals surface area contributed by atoms with Gasteiger partial charge in [-0.05, 0) is 146 Å². The quantitative estimate of drug-likeness (QED) is 0.156. The molecule has 76 heavy (non-hydrogen) atoms. The van der Waals surface area contributed by atoms with Crippen LogP contribution in [-0.4, -0.2) is 16.3 Å². The van der Waals surface area contributed by atoms with Crippen molar-refractivity contribution in [1.29, 1.82) is 0 Å². The molecule has 12 aromatic carbocycles. The van der Waals surface area contributed by atoms with Crippen molar-refractivity contribution in [2.45, 2.75) is 12.3 Å². The Bertz CT molecular complexity index is 4150. The van der Waals surface area contributed by atoms with E-state index in [-0.39, 0.29) is 6.61 Å². The highest BCUT2D eigenvalue weighted by atomic mass is 16.2. The summed E-state index contributed by atoms with van der Waals surface area (Å²) in [6.45, 7) is 1.93. The number of hydrogen-bond acceptors (Lipinski definition) is 2. The van der Waals surface area contributed by atoms with Crippen LogP contribution >= 0.6 is 0 Å². The first-order valence-corrected chi connectivity index (χ1v) is 26.3. The van der Waals surface area contributed by atoms with Crippen LogP contribution in [0.3, 0.4) is 0 Å². The number of anilines is 3. The number of fused-ring (bicyclic) bond motifs is 7. The van der Waals surface area contributed by atoms with Gasteiger partial charge in [0.25, 0.3) is 0 Å². The average molecular weight is 975 g/mol. The van der Waals surface area contributed by atoms with Crippen LogP contribution in [0.1, 0.15) is 29.2 Å². The van der Waals surface area contributed by atoms with E-state index in [4.69, 9.17) is 5.11 Å². The smallest absolute Gasteiger partial charge is 0.0714 e. The summed E-state index contributed by atoms with van der Waals surface area (Å²) < 4.78 is 2.40. The molecule has 1 heterocycles. The maximum absolute atomic E-state index is 7.57. The monoisotopic (exact) mass is 974 g/mol. The van der Waals surface area contributed by atoms with Crippen LogP contribution in [0.25, 0.3) is 82.8 Å². The van der Waals surface area contributed by atoms with Crippen LogP contribution in [0.5, 0.6) is 0 Å². The third kappa shape index (κ3) is 7.88. The molecule has 362 valence electrons. The van der Waals surface area contributed by atoms with Crippen molar-refractivity contribution in [2.75, 3.05) is 11.5 Å². The number of rotatable bonds is 9. The average Bonchev–Trinajstić information content (AvgIpc) is 4.07. The first-order valence-electron chi connectivity index (χ1n) is 26.3. The van der Waals surface area contributed by atoms with Crippen molar-refractivity contribution in [3.63, 3.8) is 0 Å². The van der Waals surface area contributed by atoms with Crippen LogP contribution in [0, 0.1) is 0 Å². The Morgan fingerprint density at radius 1 is 0.355 bits per heavy atom. The molecule has 14 rings (SSSR count). The van der Waals surface area contributed by atoms with Crippen molar-refractivity contribution in [1.82, 2.24) is 4.57 Å². The van der Waals surface area contributed by atoms with Gasteiger partial charge in [-0.3, -0.25) is 0 Å². The lowest BCUT2D eigenvalue weighted by molar-refractivity contribution is 0.318. The highest BCUT2D eigenvalue weighted by Gasteiger charge is 2.46. The van der Waals surface area contributed by atoms with Gasteiger partial charge < -0.3 is 14.6 Å². The summed E-state index contributed by atoms with van der Waals surface area (Å²) in [5.41, 5.74) is 21.1. The van der Waals surface area contributed by atoms with Gasteiger partial charge >= 0.3 is 0 Å². The molecule has 0 saturated heterocycles. The summed E-state index contributed by atoms with van der Waals surface area (Å²) in [6.07, 6.45) is 0. The zero-order chi connectivity index (χ0) is 51.0. The van der Waals surface area contributed by atoms with Crippen molar-refractivity contribution in [3.05, 3.63) is 313 Å². The molecule has 1 aromatic heterocycles. The Kier molecular flexibility index (Phi) is 12.0. The number of nitrogens with zero attached hydrogens (tertiary/aromatic N) is 2. The Hall–Kier alpha value is -9.54. The van der Waals surface area contributed by atoms with E-state index in [1.54, 1.807) is 6.92 Å². The van der Waals surface area contributed by atoms with Crippen LogP contribution in [0.15, 0.2) is 291 Å². The van der Waals surface area contributed by atoms with Gasteiger partial charge in [-0.25, -0.2) is 0 Å². The molecule has 0 aliphatic heterocycles. The molecular formula is C73H54N2O. The van der Waals surface area contributed by atoms with Gasteiger partial charge in [0.2, 0.25) is 0 Å². The summed E-state index contributed by atoms with van der Waals surface area (Å²) in [6, 6.07) is 107. The predicted molar refractivity (Wildman–Crippen MR) is 319 cm³/mol. The molecule has 13 aromatic rings. The predicted octanol–water partition coefficient (Wildman–Crippen LogP) is 18.8. The van der Waals surface area contributed by atoms with E-state index in [2.05, 4.69) is 301 Å². The number of hydrogen-bond donors (Lipinski definition) is 1. The Morgan fingerprint density at radius 3 is 1.58 bits per heavy atom. The second kappa shape index (κ2) is 19.7. The molecule has 0 spiro atoms. The third-order valence-electron chi connectivity index (χ3n) is 15.3. The van der Waals surface area contributed by atoms with Gasteiger partial charge in [0.15, 0.2) is 0 Å². The molecular weight excluding hydrogens is 921 g/mol. The molecule has 3 nitrogen and oxygen atoms in total. The van der Waals surface area contributed by atoms with Crippen LogP contribution in [0.4, 0.5) is 17.1 Å². The number of para-hydroxylation sites is 1. The lowest BCUT2D eigenvalue weighted by Gasteiger charge is -2.35. The van der Waals surface area contributed by atoms with Crippen molar-refractivity contribution in [2.24, 2.45) is 0 Å². The molecule has 0 fully saturated rings. The standard InChI is InChI=1S/C71H48N2.C2H6O/c1-4-18-49(19-5-1)50-34-41-59(42-35-50)73-69-32-15-13-30-64(69)65-47-55(38-45-70(65)73)54-23-16-22-53(46-54)51-36-39-58(40-37-51)72(68-33-17-21-52-20-10-11-28-61(52)68)60-43-44-63-62-29-12-14-31-66(62)71(67(63)48-60,56-24-6-2-7-25-56)57-26-8-3-9-27-57;1-2-3/h1-48H;3H,2H2,1H3. The molecule has 1 aliphatic rings. The van der Waals surface area contributed by atoms with E-state index in [9.17, 15) is 0 Å². The molecule has 0 unspecified atom stereocenters. The molecule has 1 aliphatic carbocycles. The zero-order valence-corrected chi connectivity index (χ0v) is 42.3. The van der Waals surface area contributed by atoms with Crippen molar-refractivity contribution in [3.8, 4) is 50.2 Å². The summed E-state index contributed by atoms with van der Waals surface area (Å²) >= 11 is 0. The highest BCUT2D eigenvalue weighted by molar-refractivity contribution is 6.10. The topological polar surface area (TPSA) is 28.4 Å². The van der Waals surface area contributed by atoms with E-state index in [0.29, 0.717) is 0 Å². The fourth-order valence-corrected chi connectivity index (χ4v) is 11.9. The number of aromatic nitrogens is 1. The zero-order valence-electron chi connectivity index (χ0n) is 42.3. The second-order valence-electron chi connectivity index (χ2n) is 19.5. The van der Waals surface area contributed by atoms with Gasteiger partial charge in [-0.2, -0.15) is 0 Å². The fraction of sp³-hybridized carbons (Fsp3) is 0.0411. The van der Waals surface area contributed by atoms with Crippen LogP contribution in [0.2, 0.25) is 0 Å². The lowest BCUT2D eigenvalue weighted by Crippen LogP contribution is -2.28. The van der Waals surface area contributed by atoms with E-state index >= 15 is 0 Å². The van der Waals surface area contributed by atoms with Gasteiger partial charge in [0, 0.05) is 39.8 Å². The third-order valence-corrected chi connectivity index (χ3v) is 15.3. The first kappa shape index (κ1) is 46.3.